The van der Waals surface area contributed by atoms with Crippen LogP contribution in [0.4, 0.5) is 8.78 Å². The molecule has 1 nitrogen and oxygen atoms in total. The van der Waals surface area contributed by atoms with E-state index in [0.717, 1.165) is 6.07 Å². The van der Waals surface area contributed by atoms with Gasteiger partial charge in [-0.1, -0.05) is 35.3 Å². The standard InChI is InChI=1S/C13H8Cl2F2O/c14-9-4-5-10(15)12(6-9)18-7-8-2-1-3-11(16)13(8)17/h1-6H,7H2. The number of ether oxygens (including phenoxy) is 1. The molecule has 0 saturated carbocycles. The molecule has 0 saturated heterocycles. The van der Waals surface area contributed by atoms with Crippen LogP contribution in [-0.2, 0) is 6.61 Å². The molecule has 0 aromatic heterocycles. The summed E-state index contributed by atoms with van der Waals surface area (Å²) in [4.78, 5) is 0. The van der Waals surface area contributed by atoms with Gasteiger partial charge in [0, 0.05) is 16.7 Å². The van der Waals surface area contributed by atoms with E-state index in [1.54, 1.807) is 12.1 Å². The quantitative estimate of drug-likeness (QED) is 0.784. The zero-order valence-electron chi connectivity index (χ0n) is 9.09. The van der Waals surface area contributed by atoms with Crippen LogP contribution in [0.5, 0.6) is 5.75 Å². The number of benzene rings is 2. The Morgan fingerprint density at radius 3 is 2.61 bits per heavy atom. The van der Waals surface area contributed by atoms with E-state index in [1.807, 2.05) is 0 Å². The van der Waals surface area contributed by atoms with Gasteiger partial charge in [-0.2, -0.15) is 0 Å². The third-order valence-corrected chi connectivity index (χ3v) is 2.86. The molecule has 2 aromatic carbocycles. The van der Waals surface area contributed by atoms with Crippen molar-refractivity contribution >= 4 is 23.2 Å². The Hall–Kier alpha value is -1.32. The van der Waals surface area contributed by atoms with Crippen molar-refractivity contribution in [2.75, 3.05) is 0 Å². The van der Waals surface area contributed by atoms with Crippen molar-refractivity contribution in [1.29, 1.82) is 0 Å². The number of rotatable bonds is 3. The van der Waals surface area contributed by atoms with Crippen molar-refractivity contribution in [3.8, 4) is 5.75 Å². The highest BCUT2D eigenvalue weighted by atomic mass is 35.5. The maximum Gasteiger partial charge on any atom is 0.165 e. The number of halogens is 4. The molecule has 0 amide bonds. The van der Waals surface area contributed by atoms with Crippen LogP contribution >= 0.6 is 23.2 Å². The summed E-state index contributed by atoms with van der Waals surface area (Å²) in [6.45, 7) is -0.121. The van der Waals surface area contributed by atoms with Crippen LogP contribution in [0.2, 0.25) is 10.0 Å². The topological polar surface area (TPSA) is 9.23 Å². The molecular formula is C13H8Cl2F2O. The normalized spacial score (nSPS) is 10.4. The monoisotopic (exact) mass is 288 g/mol. The second kappa shape index (κ2) is 5.55. The lowest BCUT2D eigenvalue weighted by atomic mass is 10.2. The Balaban J connectivity index is 2.16. The molecule has 2 rings (SSSR count). The smallest absolute Gasteiger partial charge is 0.165 e. The lowest BCUT2D eigenvalue weighted by molar-refractivity contribution is 0.297. The van der Waals surface area contributed by atoms with Gasteiger partial charge in [0.15, 0.2) is 11.6 Å². The Morgan fingerprint density at radius 2 is 1.83 bits per heavy atom. The summed E-state index contributed by atoms with van der Waals surface area (Å²) < 4.78 is 31.7. The van der Waals surface area contributed by atoms with Gasteiger partial charge >= 0.3 is 0 Å². The summed E-state index contributed by atoms with van der Waals surface area (Å²) in [6, 6.07) is 8.60. The van der Waals surface area contributed by atoms with Gasteiger partial charge < -0.3 is 4.74 Å². The zero-order chi connectivity index (χ0) is 13.1. The molecule has 0 bridgehead atoms. The Kier molecular flexibility index (Phi) is 4.04. The molecule has 0 heterocycles. The molecule has 0 aliphatic rings. The highest BCUT2D eigenvalue weighted by Gasteiger charge is 2.09. The predicted molar refractivity (Wildman–Crippen MR) is 67.2 cm³/mol. The highest BCUT2D eigenvalue weighted by molar-refractivity contribution is 6.34. The van der Waals surface area contributed by atoms with Crippen LogP contribution in [0.1, 0.15) is 5.56 Å². The average Bonchev–Trinajstić information content (AvgIpc) is 2.35. The summed E-state index contributed by atoms with van der Waals surface area (Å²) in [7, 11) is 0. The summed E-state index contributed by atoms with van der Waals surface area (Å²) in [5, 5.41) is 0.810. The SMILES string of the molecule is Fc1cccc(COc2cc(Cl)ccc2Cl)c1F. The molecule has 0 spiro atoms. The van der Waals surface area contributed by atoms with Gasteiger partial charge in [0.1, 0.15) is 12.4 Å². The van der Waals surface area contributed by atoms with E-state index in [4.69, 9.17) is 27.9 Å². The number of hydrogen-bond donors (Lipinski definition) is 0. The van der Waals surface area contributed by atoms with Crippen molar-refractivity contribution in [2.24, 2.45) is 0 Å². The van der Waals surface area contributed by atoms with Gasteiger partial charge in [-0.3, -0.25) is 0 Å². The van der Waals surface area contributed by atoms with Gasteiger partial charge in [-0.25, -0.2) is 8.78 Å². The Bertz CT molecular complexity index is 571. The first-order chi connectivity index (χ1) is 8.58. The fourth-order valence-corrected chi connectivity index (χ4v) is 1.74. The molecule has 0 atom stereocenters. The summed E-state index contributed by atoms with van der Waals surface area (Å²) >= 11 is 11.7. The van der Waals surface area contributed by atoms with E-state index < -0.39 is 11.6 Å². The van der Waals surface area contributed by atoms with Gasteiger partial charge in [0.25, 0.3) is 0 Å². The predicted octanol–water partition coefficient (Wildman–Crippen LogP) is 4.85. The Labute approximate surface area is 113 Å². The van der Waals surface area contributed by atoms with E-state index in [1.165, 1.54) is 18.2 Å². The van der Waals surface area contributed by atoms with Crippen LogP contribution in [-0.4, -0.2) is 0 Å². The van der Waals surface area contributed by atoms with Crippen LogP contribution in [0.25, 0.3) is 0 Å². The second-order valence-electron chi connectivity index (χ2n) is 3.58. The zero-order valence-corrected chi connectivity index (χ0v) is 10.6. The van der Waals surface area contributed by atoms with Gasteiger partial charge in [0.2, 0.25) is 0 Å². The lowest BCUT2D eigenvalue weighted by Crippen LogP contribution is -2.00. The maximum atomic E-state index is 13.4. The van der Waals surface area contributed by atoms with Crippen molar-refractivity contribution in [2.45, 2.75) is 6.61 Å². The molecular weight excluding hydrogens is 281 g/mol. The van der Waals surface area contributed by atoms with Crippen LogP contribution < -0.4 is 4.74 Å². The van der Waals surface area contributed by atoms with E-state index in [0.29, 0.717) is 15.8 Å². The van der Waals surface area contributed by atoms with Gasteiger partial charge in [-0.05, 0) is 18.2 Å². The van der Waals surface area contributed by atoms with Crippen molar-refractivity contribution in [3.63, 3.8) is 0 Å². The van der Waals surface area contributed by atoms with E-state index in [9.17, 15) is 8.78 Å². The molecule has 0 aliphatic carbocycles. The first-order valence-corrected chi connectivity index (χ1v) is 5.84. The van der Waals surface area contributed by atoms with Crippen molar-refractivity contribution < 1.29 is 13.5 Å². The molecule has 18 heavy (non-hydrogen) atoms. The fourth-order valence-electron chi connectivity index (χ4n) is 1.40. The van der Waals surface area contributed by atoms with E-state index in [2.05, 4.69) is 0 Å². The van der Waals surface area contributed by atoms with Crippen LogP contribution in [0.15, 0.2) is 36.4 Å². The average molecular weight is 289 g/mol. The molecule has 0 fully saturated rings. The van der Waals surface area contributed by atoms with Crippen LogP contribution in [0, 0.1) is 11.6 Å². The highest BCUT2D eigenvalue weighted by Crippen LogP contribution is 2.28. The minimum atomic E-state index is -0.921. The minimum Gasteiger partial charge on any atom is -0.487 e. The van der Waals surface area contributed by atoms with Gasteiger partial charge in [0.05, 0.1) is 5.02 Å². The third kappa shape index (κ3) is 2.92. The van der Waals surface area contributed by atoms with E-state index >= 15 is 0 Å². The molecule has 0 aliphatic heterocycles. The fraction of sp³-hybridized carbons (Fsp3) is 0.0769. The largest absolute Gasteiger partial charge is 0.487 e. The van der Waals surface area contributed by atoms with Crippen LogP contribution in [0.3, 0.4) is 0 Å². The molecule has 5 heteroatoms. The molecule has 0 unspecified atom stereocenters. The Morgan fingerprint density at radius 1 is 1.06 bits per heavy atom. The second-order valence-corrected chi connectivity index (χ2v) is 4.42. The van der Waals surface area contributed by atoms with Gasteiger partial charge in [-0.15, -0.1) is 0 Å². The van der Waals surface area contributed by atoms with E-state index in [-0.39, 0.29) is 12.2 Å². The lowest BCUT2D eigenvalue weighted by Gasteiger charge is -2.09. The summed E-state index contributed by atoms with van der Waals surface area (Å²) in [6.07, 6.45) is 0. The number of hydrogen-bond acceptors (Lipinski definition) is 1. The van der Waals surface area contributed by atoms with Crippen molar-refractivity contribution in [1.82, 2.24) is 0 Å². The molecule has 0 N–H and O–H groups in total. The molecule has 0 radical (unpaired) electrons. The maximum absolute atomic E-state index is 13.4. The minimum absolute atomic E-state index is 0.117. The third-order valence-electron chi connectivity index (χ3n) is 2.31. The molecule has 2 aromatic rings. The molecule has 94 valence electrons. The summed E-state index contributed by atoms with van der Waals surface area (Å²) in [5.74, 6) is -1.50. The summed E-state index contributed by atoms with van der Waals surface area (Å²) in [5.41, 5.74) is 0.117. The van der Waals surface area contributed by atoms with Crippen molar-refractivity contribution in [3.05, 3.63) is 63.6 Å². The first-order valence-electron chi connectivity index (χ1n) is 5.08. The first kappa shape index (κ1) is 13.1.